The molecule has 1 aromatic heterocycles. The molecule has 0 amide bonds. The summed E-state index contributed by atoms with van der Waals surface area (Å²) < 4.78 is 22.9. The highest BCUT2D eigenvalue weighted by Crippen LogP contribution is 2.30. The molecule has 1 fully saturated rings. The number of halogens is 1. The van der Waals surface area contributed by atoms with Crippen molar-refractivity contribution < 1.29 is 13.3 Å². The van der Waals surface area contributed by atoms with Gasteiger partial charge in [0.15, 0.2) is 9.84 Å². The van der Waals surface area contributed by atoms with Crippen LogP contribution in [0.2, 0.25) is 5.15 Å². The van der Waals surface area contributed by atoms with Crippen LogP contribution in [-0.2, 0) is 9.84 Å². The molecule has 1 saturated heterocycles. The third-order valence-electron chi connectivity index (χ3n) is 3.11. The Morgan fingerprint density at radius 1 is 1.53 bits per heavy atom. The Balaban J connectivity index is 2.36. The summed E-state index contributed by atoms with van der Waals surface area (Å²) in [4.78, 5) is 15.9. The molecular formula is C10H12ClN3O4S. The maximum Gasteiger partial charge on any atom is 0.311 e. The molecule has 1 unspecified atom stereocenters. The van der Waals surface area contributed by atoms with Gasteiger partial charge >= 0.3 is 5.69 Å². The first-order valence-corrected chi connectivity index (χ1v) is 7.74. The fourth-order valence-electron chi connectivity index (χ4n) is 2.07. The molecule has 2 rings (SSSR count). The second-order valence-corrected chi connectivity index (χ2v) is 7.02. The summed E-state index contributed by atoms with van der Waals surface area (Å²) in [6.07, 6.45) is 0.435. The molecule has 0 N–H and O–H groups in total. The van der Waals surface area contributed by atoms with Gasteiger partial charge in [0.25, 0.3) is 0 Å². The summed E-state index contributed by atoms with van der Waals surface area (Å²) in [5.41, 5.74) is -0.184. The number of hydrogen-bond donors (Lipinski definition) is 0. The molecule has 0 aromatic carbocycles. The van der Waals surface area contributed by atoms with E-state index in [2.05, 4.69) is 4.98 Å². The normalized spacial score (nSPS) is 21.3. The van der Waals surface area contributed by atoms with E-state index in [0.717, 1.165) is 0 Å². The molecule has 7 nitrogen and oxygen atoms in total. The monoisotopic (exact) mass is 305 g/mol. The summed E-state index contributed by atoms with van der Waals surface area (Å²) in [5.74, 6) is 0.171. The predicted octanol–water partition coefficient (Wildman–Crippen LogP) is 1.27. The molecule has 1 atom stereocenters. The molecule has 1 aliphatic heterocycles. The van der Waals surface area contributed by atoms with E-state index in [9.17, 15) is 18.5 Å². The SMILES string of the molecule is CN(c1nc(Cl)ccc1[N+](=O)[O-])C1CCS(=O)(=O)C1. The lowest BCUT2D eigenvalue weighted by Crippen LogP contribution is -2.33. The Labute approximate surface area is 115 Å². The topological polar surface area (TPSA) is 93.4 Å². The van der Waals surface area contributed by atoms with Gasteiger partial charge in [0, 0.05) is 19.2 Å². The van der Waals surface area contributed by atoms with Gasteiger partial charge in [-0.2, -0.15) is 0 Å². The first-order valence-electron chi connectivity index (χ1n) is 5.54. The van der Waals surface area contributed by atoms with Crippen LogP contribution >= 0.6 is 11.6 Å². The molecule has 1 aliphatic rings. The van der Waals surface area contributed by atoms with Crippen LogP contribution < -0.4 is 4.90 Å². The van der Waals surface area contributed by atoms with Crippen LogP contribution in [-0.4, -0.2) is 42.9 Å². The van der Waals surface area contributed by atoms with Gasteiger partial charge in [0.2, 0.25) is 5.82 Å². The zero-order valence-corrected chi connectivity index (χ0v) is 11.7. The maximum absolute atomic E-state index is 11.5. The molecule has 0 aliphatic carbocycles. The number of pyridine rings is 1. The molecule has 104 valence electrons. The smallest absolute Gasteiger partial charge is 0.311 e. The summed E-state index contributed by atoms with van der Waals surface area (Å²) in [5, 5.41) is 11.1. The Morgan fingerprint density at radius 2 is 2.21 bits per heavy atom. The van der Waals surface area contributed by atoms with E-state index >= 15 is 0 Å². The van der Waals surface area contributed by atoms with Gasteiger partial charge in [0.1, 0.15) is 5.15 Å². The summed E-state index contributed by atoms with van der Waals surface area (Å²) in [6, 6.07) is 2.29. The molecule has 0 spiro atoms. The quantitative estimate of drug-likeness (QED) is 0.474. The Hall–Kier alpha value is -1.41. The first kappa shape index (κ1) is 14.0. The molecule has 2 heterocycles. The summed E-state index contributed by atoms with van der Waals surface area (Å²) >= 11 is 5.75. The molecule has 0 saturated carbocycles. The Morgan fingerprint density at radius 3 is 2.74 bits per heavy atom. The first-order chi connectivity index (χ1) is 8.80. The second-order valence-electron chi connectivity index (χ2n) is 4.40. The van der Waals surface area contributed by atoms with Gasteiger partial charge in [-0.05, 0) is 12.5 Å². The van der Waals surface area contributed by atoms with Crippen LogP contribution in [0.4, 0.5) is 11.5 Å². The van der Waals surface area contributed by atoms with Crippen molar-refractivity contribution in [3.63, 3.8) is 0 Å². The van der Waals surface area contributed by atoms with E-state index in [-0.39, 0.29) is 34.2 Å². The van der Waals surface area contributed by atoms with Crippen molar-refractivity contribution >= 4 is 32.9 Å². The Bertz CT molecular complexity index is 619. The van der Waals surface area contributed by atoms with Crippen LogP contribution in [0.3, 0.4) is 0 Å². The zero-order chi connectivity index (χ0) is 14.2. The molecule has 19 heavy (non-hydrogen) atoms. The molecule has 0 bridgehead atoms. The number of rotatable bonds is 3. The lowest BCUT2D eigenvalue weighted by atomic mass is 10.2. The minimum absolute atomic E-state index is 0.0190. The largest absolute Gasteiger partial charge is 0.350 e. The van der Waals surface area contributed by atoms with E-state index in [1.54, 1.807) is 7.05 Å². The highest BCUT2D eigenvalue weighted by Gasteiger charge is 2.33. The van der Waals surface area contributed by atoms with Crippen LogP contribution in [0, 0.1) is 10.1 Å². The van der Waals surface area contributed by atoms with Crippen molar-refractivity contribution in [2.24, 2.45) is 0 Å². The third kappa shape index (κ3) is 2.95. The number of nitro groups is 1. The van der Waals surface area contributed by atoms with E-state index in [1.165, 1.54) is 17.0 Å². The standard InChI is InChI=1S/C10H12ClN3O4S/c1-13(7-4-5-19(17,18)6-7)10-8(14(15)16)2-3-9(11)12-10/h2-3,7H,4-6H2,1H3. The zero-order valence-electron chi connectivity index (χ0n) is 10.1. The maximum atomic E-state index is 11.5. The average Bonchev–Trinajstić information content (AvgIpc) is 2.68. The van der Waals surface area contributed by atoms with Gasteiger partial charge in [-0.15, -0.1) is 0 Å². The van der Waals surface area contributed by atoms with Crippen LogP contribution in [0.25, 0.3) is 0 Å². The number of hydrogen-bond acceptors (Lipinski definition) is 6. The highest BCUT2D eigenvalue weighted by atomic mass is 35.5. The summed E-state index contributed by atoms with van der Waals surface area (Å²) in [6.45, 7) is 0. The van der Waals surface area contributed by atoms with Crippen molar-refractivity contribution in [3.8, 4) is 0 Å². The van der Waals surface area contributed by atoms with Crippen molar-refractivity contribution in [2.45, 2.75) is 12.5 Å². The van der Waals surface area contributed by atoms with Crippen LogP contribution in [0.15, 0.2) is 12.1 Å². The fraction of sp³-hybridized carbons (Fsp3) is 0.500. The van der Waals surface area contributed by atoms with Crippen LogP contribution in [0.1, 0.15) is 6.42 Å². The van der Waals surface area contributed by atoms with Gasteiger partial charge in [0.05, 0.1) is 16.4 Å². The van der Waals surface area contributed by atoms with Crippen LogP contribution in [0.5, 0.6) is 0 Å². The number of anilines is 1. The highest BCUT2D eigenvalue weighted by molar-refractivity contribution is 7.91. The minimum atomic E-state index is -3.06. The van der Waals surface area contributed by atoms with E-state index in [0.29, 0.717) is 6.42 Å². The number of sulfone groups is 1. The molecule has 9 heteroatoms. The predicted molar refractivity (Wildman–Crippen MR) is 71.4 cm³/mol. The number of aromatic nitrogens is 1. The fourth-order valence-corrected chi connectivity index (χ4v) is 3.99. The van der Waals surface area contributed by atoms with Crippen molar-refractivity contribution in [2.75, 3.05) is 23.5 Å². The van der Waals surface area contributed by atoms with E-state index < -0.39 is 14.8 Å². The van der Waals surface area contributed by atoms with Gasteiger partial charge < -0.3 is 4.90 Å². The summed E-state index contributed by atoms with van der Waals surface area (Å²) in [7, 11) is -1.47. The molecular weight excluding hydrogens is 294 g/mol. The van der Waals surface area contributed by atoms with Crippen molar-refractivity contribution in [1.82, 2.24) is 4.98 Å². The van der Waals surface area contributed by atoms with E-state index in [1.807, 2.05) is 0 Å². The van der Waals surface area contributed by atoms with Gasteiger partial charge in [-0.25, -0.2) is 13.4 Å². The third-order valence-corrected chi connectivity index (χ3v) is 5.07. The van der Waals surface area contributed by atoms with Crippen molar-refractivity contribution in [1.29, 1.82) is 0 Å². The van der Waals surface area contributed by atoms with Crippen molar-refractivity contribution in [3.05, 3.63) is 27.4 Å². The number of nitrogens with zero attached hydrogens (tertiary/aromatic N) is 3. The lowest BCUT2D eigenvalue weighted by molar-refractivity contribution is -0.384. The average molecular weight is 306 g/mol. The van der Waals surface area contributed by atoms with Gasteiger partial charge in [-0.3, -0.25) is 10.1 Å². The minimum Gasteiger partial charge on any atom is -0.350 e. The Kier molecular flexibility index (Phi) is 3.64. The second kappa shape index (κ2) is 4.93. The van der Waals surface area contributed by atoms with E-state index in [4.69, 9.17) is 11.6 Å². The molecule has 1 aromatic rings. The van der Waals surface area contributed by atoms with Gasteiger partial charge in [-0.1, -0.05) is 11.6 Å². The molecule has 0 radical (unpaired) electrons. The lowest BCUT2D eigenvalue weighted by Gasteiger charge is -2.24.